The molecule has 5 nitrogen and oxygen atoms in total. The van der Waals surface area contributed by atoms with E-state index in [0.717, 1.165) is 18.5 Å². The topological polar surface area (TPSA) is 78.4 Å². The lowest BCUT2D eigenvalue weighted by molar-refractivity contribution is -0.136. The van der Waals surface area contributed by atoms with E-state index in [1.165, 1.54) is 5.56 Å². The van der Waals surface area contributed by atoms with Gasteiger partial charge in [-0.25, -0.2) is 0 Å². The smallest absolute Gasteiger partial charge is 0.305 e. The number of aliphatic carboxylic acids is 1. The molecule has 5 heteroatoms. The van der Waals surface area contributed by atoms with Gasteiger partial charge in [-0.1, -0.05) is 12.1 Å². The molecule has 1 aromatic carbocycles. The third kappa shape index (κ3) is 2.87. The molecule has 0 fully saturated rings. The Balaban J connectivity index is 2.08. The summed E-state index contributed by atoms with van der Waals surface area (Å²) in [6.07, 6.45) is 0.866. The fourth-order valence-electron chi connectivity index (χ4n) is 2.10. The number of hydrogen-bond acceptors (Lipinski definition) is 3. The van der Waals surface area contributed by atoms with E-state index in [9.17, 15) is 9.59 Å². The van der Waals surface area contributed by atoms with Crippen molar-refractivity contribution in [3.05, 3.63) is 34.9 Å². The number of hydrogen-bond donors (Lipinski definition) is 3. The van der Waals surface area contributed by atoms with Crippen LogP contribution in [0.15, 0.2) is 18.2 Å². The number of rotatable bonds is 4. The van der Waals surface area contributed by atoms with Gasteiger partial charge in [0.05, 0.1) is 6.42 Å². The molecule has 0 atom stereocenters. The van der Waals surface area contributed by atoms with Crippen LogP contribution in [0.4, 0.5) is 0 Å². The highest BCUT2D eigenvalue weighted by atomic mass is 16.4. The van der Waals surface area contributed by atoms with Gasteiger partial charge in [-0.15, -0.1) is 0 Å². The highest BCUT2D eigenvalue weighted by Crippen LogP contribution is 2.18. The number of nitrogens with one attached hydrogen (secondary N) is 2. The molecule has 18 heavy (non-hydrogen) atoms. The Morgan fingerprint density at radius 2 is 2.22 bits per heavy atom. The van der Waals surface area contributed by atoms with E-state index in [4.69, 9.17) is 5.11 Å². The minimum Gasteiger partial charge on any atom is -0.481 e. The molecule has 2 rings (SSSR count). The molecule has 3 N–H and O–H groups in total. The van der Waals surface area contributed by atoms with E-state index >= 15 is 0 Å². The number of carboxylic acids is 1. The zero-order valence-corrected chi connectivity index (χ0v) is 10.0. The second-order valence-corrected chi connectivity index (χ2v) is 4.27. The van der Waals surface area contributed by atoms with Gasteiger partial charge in [-0.3, -0.25) is 9.59 Å². The van der Waals surface area contributed by atoms with Crippen molar-refractivity contribution >= 4 is 11.9 Å². The largest absolute Gasteiger partial charge is 0.481 e. The number of carbonyl (C=O) groups is 2. The molecule has 1 amide bonds. The highest BCUT2D eigenvalue weighted by molar-refractivity contribution is 5.96. The van der Waals surface area contributed by atoms with Gasteiger partial charge < -0.3 is 15.7 Å². The summed E-state index contributed by atoms with van der Waals surface area (Å²) in [4.78, 5) is 22.4. The average Bonchev–Trinajstić information content (AvgIpc) is 2.37. The number of carbonyl (C=O) groups excluding carboxylic acids is 1. The molecule has 0 aromatic heterocycles. The molecule has 0 saturated heterocycles. The van der Waals surface area contributed by atoms with Crippen molar-refractivity contribution in [1.29, 1.82) is 0 Å². The number of carboxylic acid groups (broad SMARTS) is 1. The third-order valence-corrected chi connectivity index (χ3v) is 3.01. The van der Waals surface area contributed by atoms with E-state index in [2.05, 4.69) is 10.6 Å². The monoisotopic (exact) mass is 248 g/mol. The SMILES string of the molecule is O=C(O)CCNC(=O)c1cccc2c1CNCC2. The minimum atomic E-state index is -0.910. The van der Waals surface area contributed by atoms with Crippen LogP contribution >= 0.6 is 0 Å². The van der Waals surface area contributed by atoms with Gasteiger partial charge in [0, 0.05) is 18.7 Å². The van der Waals surface area contributed by atoms with Crippen LogP contribution in [0, 0.1) is 0 Å². The Hall–Kier alpha value is -1.88. The van der Waals surface area contributed by atoms with Crippen LogP contribution in [0.2, 0.25) is 0 Å². The van der Waals surface area contributed by atoms with E-state index in [1.54, 1.807) is 6.07 Å². The second-order valence-electron chi connectivity index (χ2n) is 4.27. The maximum atomic E-state index is 12.0. The molecular formula is C13H16N2O3. The molecule has 0 bridgehead atoms. The molecule has 0 spiro atoms. The molecule has 1 aliphatic rings. The second kappa shape index (κ2) is 5.64. The minimum absolute atomic E-state index is 0.0565. The third-order valence-electron chi connectivity index (χ3n) is 3.01. The van der Waals surface area contributed by atoms with Crippen molar-refractivity contribution in [3.8, 4) is 0 Å². The Morgan fingerprint density at radius 3 is 3.00 bits per heavy atom. The van der Waals surface area contributed by atoms with Gasteiger partial charge in [0.2, 0.25) is 0 Å². The molecule has 1 aliphatic heterocycles. The van der Waals surface area contributed by atoms with Gasteiger partial charge in [0.15, 0.2) is 0 Å². The Labute approximate surface area is 105 Å². The van der Waals surface area contributed by atoms with Crippen molar-refractivity contribution in [2.24, 2.45) is 0 Å². The summed E-state index contributed by atoms with van der Waals surface area (Å²) < 4.78 is 0. The van der Waals surface area contributed by atoms with Gasteiger partial charge in [0.25, 0.3) is 5.91 Å². The van der Waals surface area contributed by atoms with Crippen LogP contribution in [0.1, 0.15) is 27.9 Å². The zero-order chi connectivity index (χ0) is 13.0. The quantitative estimate of drug-likeness (QED) is 0.726. The van der Waals surface area contributed by atoms with Crippen LogP contribution in [0.3, 0.4) is 0 Å². The van der Waals surface area contributed by atoms with Crippen LogP contribution in [0.5, 0.6) is 0 Å². The lowest BCUT2D eigenvalue weighted by atomic mass is 9.95. The molecule has 1 heterocycles. The number of fused-ring (bicyclic) bond motifs is 1. The van der Waals surface area contributed by atoms with Crippen LogP contribution in [-0.4, -0.2) is 30.1 Å². The maximum absolute atomic E-state index is 12.0. The Bertz CT molecular complexity index is 471. The first-order valence-electron chi connectivity index (χ1n) is 6.00. The van der Waals surface area contributed by atoms with E-state index in [0.29, 0.717) is 12.1 Å². The summed E-state index contributed by atoms with van der Waals surface area (Å²) in [5.41, 5.74) is 2.86. The van der Waals surface area contributed by atoms with Gasteiger partial charge in [0.1, 0.15) is 0 Å². The molecule has 1 aromatic rings. The lowest BCUT2D eigenvalue weighted by Gasteiger charge is -2.19. The molecule has 0 radical (unpaired) electrons. The molecule has 0 saturated carbocycles. The fraction of sp³-hybridized carbons (Fsp3) is 0.385. The highest BCUT2D eigenvalue weighted by Gasteiger charge is 2.16. The van der Waals surface area contributed by atoms with Crippen molar-refractivity contribution in [1.82, 2.24) is 10.6 Å². The Kier molecular flexibility index (Phi) is 3.94. The Morgan fingerprint density at radius 1 is 1.39 bits per heavy atom. The van der Waals surface area contributed by atoms with Gasteiger partial charge in [-0.05, 0) is 30.2 Å². The van der Waals surface area contributed by atoms with Gasteiger partial charge >= 0.3 is 5.97 Å². The molecule has 96 valence electrons. The van der Waals surface area contributed by atoms with Crippen molar-refractivity contribution in [2.75, 3.05) is 13.1 Å². The van der Waals surface area contributed by atoms with Crippen LogP contribution in [-0.2, 0) is 17.8 Å². The molecular weight excluding hydrogens is 232 g/mol. The predicted octanol–water partition coefficient (Wildman–Crippen LogP) is 0.537. The van der Waals surface area contributed by atoms with Gasteiger partial charge in [-0.2, -0.15) is 0 Å². The standard InChI is InChI=1S/C13H16N2O3/c16-12(17)5-7-15-13(18)10-3-1-2-9-4-6-14-8-11(9)10/h1-3,14H,4-8H2,(H,15,18)(H,16,17). The fourth-order valence-corrected chi connectivity index (χ4v) is 2.10. The van der Waals surface area contributed by atoms with Crippen molar-refractivity contribution < 1.29 is 14.7 Å². The summed E-state index contributed by atoms with van der Waals surface area (Å²) >= 11 is 0. The van der Waals surface area contributed by atoms with Crippen molar-refractivity contribution in [2.45, 2.75) is 19.4 Å². The zero-order valence-electron chi connectivity index (χ0n) is 10.0. The summed E-state index contributed by atoms with van der Waals surface area (Å²) in [7, 11) is 0. The lowest BCUT2D eigenvalue weighted by Crippen LogP contribution is -2.30. The van der Waals surface area contributed by atoms with E-state index < -0.39 is 5.97 Å². The first-order chi connectivity index (χ1) is 8.68. The number of amides is 1. The average molecular weight is 248 g/mol. The summed E-state index contributed by atoms with van der Waals surface area (Å²) in [6.45, 7) is 1.78. The predicted molar refractivity (Wildman–Crippen MR) is 66.4 cm³/mol. The first kappa shape index (κ1) is 12.6. The van der Waals surface area contributed by atoms with Crippen LogP contribution < -0.4 is 10.6 Å². The van der Waals surface area contributed by atoms with Crippen LogP contribution in [0.25, 0.3) is 0 Å². The van der Waals surface area contributed by atoms with E-state index in [-0.39, 0.29) is 18.9 Å². The first-order valence-corrected chi connectivity index (χ1v) is 6.00. The van der Waals surface area contributed by atoms with E-state index in [1.807, 2.05) is 12.1 Å². The molecule has 0 unspecified atom stereocenters. The maximum Gasteiger partial charge on any atom is 0.305 e. The number of benzene rings is 1. The summed E-state index contributed by atoms with van der Waals surface area (Å²) in [6, 6.07) is 5.68. The summed E-state index contributed by atoms with van der Waals surface area (Å²) in [5, 5.41) is 14.4. The normalized spacial score (nSPS) is 13.8. The molecule has 0 aliphatic carbocycles. The van der Waals surface area contributed by atoms with Crippen molar-refractivity contribution in [3.63, 3.8) is 0 Å². The summed E-state index contributed by atoms with van der Waals surface area (Å²) in [5.74, 6) is -1.11.